The Morgan fingerprint density at radius 2 is 1.94 bits per heavy atom. The number of nitrogens with one attached hydrogen (secondary N) is 3. The van der Waals surface area contributed by atoms with Gasteiger partial charge in [0.2, 0.25) is 0 Å². The second-order valence-corrected chi connectivity index (χ2v) is 9.06. The van der Waals surface area contributed by atoms with Crippen LogP contribution < -0.4 is 20.9 Å². The summed E-state index contributed by atoms with van der Waals surface area (Å²) in [5.41, 5.74) is 6.29. The smallest absolute Gasteiger partial charge is 0.416 e. The highest BCUT2D eigenvalue weighted by Gasteiger charge is 2.35. The van der Waals surface area contributed by atoms with Crippen molar-refractivity contribution in [2.75, 3.05) is 46.9 Å². The van der Waals surface area contributed by atoms with Crippen molar-refractivity contribution in [1.29, 1.82) is 0 Å². The first-order chi connectivity index (χ1) is 14.9. The number of ether oxygens (including phenoxy) is 1. The van der Waals surface area contributed by atoms with Crippen molar-refractivity contribution in [2.45, 2.75) is 50.7 Å². The van der Waals surface area contributed by atoms with Crippen LogP contribution in [0.1, 0.15) is 55.7 Å². The molecule has 1 aromatic rings. The number of nitrogens with zero attached hydrogens (tertiary/aromatic N) is 1. The van der Waals surface area contributed by atoms with Gasteiger partial charge in [0.15, 0.2) is 0 Å². The Morgan fingerprint density at radius 1 is 1.16 bits per heavy atom. The molecule has 2 unspecified atom stereocenters. The first kappa shape index (κ1) is 24.3. The molecule has 0 radical (unpaired) electrons. The minimum Gasteiger partial charge on any atom is -0.494 e. The molecule has 1 saturated carbocycles. The summed E-state index contributed by atoms with van der Waals surface area (Å²) in [6.45, 7) is 3.73. The Morgan fingerprint density at radius 3 is 2.65 bits per heavy atom. The molecular weight excluding hydrogens is 405 g/mol. The number of hydrogen-bond donors (Lipinski definition) is 3. The lowest BCUT2D eigenvalue weighted by Crippen LogP contribution is -2.34. The van der Waals surface area contributed by atoms with E-state index in [1.165, 1.54) is 38.2 Å². The monoisotopic (exact) mass is 442 g/mol. The quantitative estimate of drug-likeness (QED) is 0.512. The van der Waals surface area contributed by atoms with E-state index in [4.69, 9.17) is 4.74 Å². The normalized spacial score (nSPS) is 22.9. The topological polar surface area (TPSA) is 48.6 Å². The number of halogens is 3. The van der Waals surface area contributed by atoms with Crippen LogP contribution in [0.25, 0.3) is 0 Å². The van der Waals surface area contributed by atoms with Gasteiger partial charge in [0, 0.05) is 32.1 Å². The van der Waals surface area contributed by atoms with Crippen molar-refractivity contribution >= 4 is 0 Å². The lowest BCUT2D eigenvalue weighted by molar-refractivity contribution is -0.137. The SMILES string of the molecule is CNCCN(C)CC1CNNC1c1cc(OCCC2CCCCC2)cc(C(F)(F)F)c1. The molecule has 3 N–H and O–H groups in total. The van der Waals surface area contributed by atoms with Crippen molar-refractivity contribution in [3.05, 3.63) is 29.3 Å². The van der Waals surface area contributed by atoms with Crippen LogP contribution in [-0.2, 0) is 6.18 Å². The van der Waals surface area contributed by atoms with Crippen LogP contribution in [0, 0.1) is 11.8 Å². The molecule has 1 heterocycles. The van der Waals surface area contributed by atoms with E-state index < -0.39 is 11.7 Å². The largest absolute Gasteiger partial charge is 0.494 e. The molecule has 1 aliphatic carbocycles. The molecule has 0 amide bonds. The zero-order valence-electron chi connectivity index (χ0n) is 18.7. The number of benzene rings is 1. The van der Waals surface area contributed by atoms with Crippen LogP contribution in [0.2, 0.25) is 0 Å². The van der Waals surface area contributed by atoms with Crippen LogP contribution in [0.5, 0.6) is 5.75 Å². The molecule has 0 aromatic heterocycles. The molecule has 5 nitrogen and oxygen atoms in total. The van der Waals surface area contributed by atoms with E-state index >= 15 is 0 Å². The molecule has 3 rings (SSSR count). The summed E-state index contributed by atoms with van der Waals surface area (Å²) in [7, 11) is 3.95. The number of hydrazine groups is 1. The first-order valence-corrected chi connectivity index (χ1v) is 11.5. The third-order valence-electron chi connectivity index (χ3n) is 6.52. The fourth-order valence-electron chi connectivity index (χ4n) is 4.72. The van der Waals surface area contributed by atoms with Gasteiger partial charge in [-0.2, -0.15) is 13.2 Å². The average Bonchev–Trinajstić information content (AvgIpc) is 3.20. The van der Waals surface area contributed by atoms with Gasteiger partial charge in [-0.25, -0.2) is 5.43 Å². The maximum absolute atomic E-state index is 13.6. The van der Waals surface area contributed by atoms with E-state index in [-0.39, 0.29) is 12.0 Å². The summed E-state index contributed by atoms with van der Waals surface area (Å²) in [5.74, 6) is 1.12. The van der Waals surface area contributed by atoms with Crippen molar-refractivity contribution in [1.82, 2.24) is 21.1 Å². The van der Waals surface area contributed by atoms with Crippen molar-refractivity contribution in [2.24, 2.45) is 11.8 Å². The summed E-state index contributed by atoms with van der Waals surface area (Å²) in [5, 5.41) is 3.13. The van der Waals surface area contributed by atoms with Gasteiger partial charge in [-0.3, -0.25) is 5.43 Å². The van der Waals surface area contributed by atoms with E-state index in [9.17, 15) is 13.2 Å². The van der Waals surface area contributed by atoms with Gasteiger partial charge in [0.05, 0.1) is 18.2 Å². The van der Waals surface area contributed by atoms with Gasteiger partial charge >= 0.3 is 6.18 Å². The zero-order valence-corrected chi connectivity index (χ0v) is 18.7. The van der Waals surface area contributed by atoms with E-state index in [1.807, 2.05) is 14.1 Å². The summed E-state index contributed by atoms with van der Waals surface area (Å²) < 4.78 is 46.6. The highest BCUT2D eigenvalue weighted by atomic mass is 19.4. The molecule has 2 aliphatic rings. The van der Waals surface area contributed by atoms with Gasteiger partial charge in [-0.1, -0.05) is 32.1 Å². The number of rotatable bonds is 10. The lowest BCUT2D eigenvalue weighted by Gasteiger charge is -2.26. The third-order valence-corrected chi connectivity index (χ3v) is 6.52. The maximum Gasteiger partial charge on any atom is 0.416 e. The summed E-state index contributed by atoms with van der Waals surface area (Å²) >= 11 is 0. The minimum absolute atomic E-state index is 0.167. The Labute approximate surface area is 184 Å². The number of likely N-dealkylation sites (N-methyl/N-ethyl adjacent to an activating group) is 2. The van der Waals surface area contributed by atoms with Crippen LogP contribution in [0.4, 0.5) is 13.2 Å². The zero-order chi connectivity index (χ0) is 22.3. The molecule has 2 fully saturated rings. The van der Waals surface area contributed by atoms with E-state index in [0.29, 0.717) is 30.4 Å². The second kappa shape index (κ2) is 11.5. The molecule has 0 bridgehead atoms. The van der Waals surface area contributed by atoms with Gasteiger partial charge in [0.25, 0.3) is 0 Å². The molecule has 8 heteroatoms. The second-order valence-electron chi connectivity index (χ2n) is 9.06. The Bertz CT molecular complexity index is 679. The average molecular weight is 443 g/mol. The van der Waals surface area contributed by atoms with Crippen molar-refractivity contribution in [3.63, 3.8) is 0 Å². The molecule has 1 aromatic carbocycles. The number of alkyl halides is 3. The molecule has 2 atom stereocenters. The van der Waals surface area contributed by atoms with Crippen molar-refractivity contribution in [3.8, 4) is 5.75 Å². The lowest BCUT2D eigenvalue weighted by atomic mass is 9.87. The highest BCUT2D eigenvalue weighted by Crippen LogP contribution is 2.36. The molecule has 31 heavy (non-hydrogen) atoms. The van der Waals surface area contributed by atoms with Crippen LogP contribution in [0.3, 0.4) is 0 Å². The Kier molecular flexibility index (Phi) is 9.01. The summed E-state index contributed by atoms with van der Waals surface area (Å²) in [6.07, 6.45) is 2.72. The predicted octanol–water partition coefficient (Wildman–Crippen LogP) is 3.97. The molecular formula is C23H37F3N4O. The Hall–Kier alpha value is -1.35. The number of hydrogen-bond acceptors (Lipinski definition) is 5. The Balaban J connectivity index is 1.69. The standard InChI is InChI=1S/C23H37F3N4O/c1-27-9-10-30(2)16-19-15-28-29-22(19)18-12-20(23(24,25)26)14-21(13-18)31-11-8-17-6-4-3-5-7-17/h12-14,17,19,22,27-29H,3-11,15-16H2,1-2H3. The highest BCUT2D eigenvalue weighted by molar-refractivity contribution is 5.38. The minimum atomic E-state index is -4.40. The molecule has 1 saturated heterocycles. The van der Waals surface area contributed by atoms with E-state index in [0.717, 1.165) is 32.1 Å². The van der Waals surface area contributed by atoms with Gasteiger partial charge in [-0.05, 0) is 50.2 Å². The van der Waals surface area contributed by atoms with Crippen LogP contribution >= 0.6 is 0 Å². The van der Waals surface area contributed by atoms with Crippen LogP contribution in [-0.4, -0.2) is 51.8 Å². The fourth-order valence-corrected chi connectivity index (χ4v) is 4.72. The van der Waals surface area contributed by atoms with Crippen molar-refractivity contribution < 1.29 is 17.9 Å². The van der Waals surface area contributed by atoms with Crippen LogP contribution in [0.15, 0.2) is 18.2 Å². The molecule has 176 valence electrons. The molecule has 1 aliphatic heterocycles. The van der Waals surface area contributed by atoms with Gasteiger partial charge in [-0.15, -0.1) is 0 Å². The first-order valence-electron chi connectivity index (χ1n) is 11.5. The molecule has 0 spiro atoms. The fraction of sp³-hybridized carbons (Fsp3) is 0.739. The summed E-state index contributed by atoms with van der Waals surface area (Å²) in [6, 6.07) is 3.99. The van der Waals surface area contributed by atoms with Gasteiger partial charge in [0.1, 0.15) is 5.75 Å². The summed E-state index contributed by atoms with van der Waals surface area (Å²) in [4.78, 5) is 2.21. The van der Waals surface area contributed by atoms with E-state index in [1.54, 1.807) is 6.07 Å². The van der Waals surface area contributed by atoms with E-state index in [2.05, 4.69) is 21.1 Å². The predicted molar refractivity (Wildman–Crippen MR) is 117 cm³/mol. The third kappa shape index (κ3) is 7.34. The maximum atomic E-state index is 13.6. The van der Waals surface area contributed by atoms with Gasteiger partial charge < -0.3 is 15.0 Å².